The van der Waals surface area contributed by atoms with E-state index in [4.69, 9.17) is 4.98 Å². The van der Waals surface area contributed by atoms with Crippen LogP contribution in [0.2, 0.25) is 0 Å². The van der Waals surface area contributed by atoms with E-state index in [2.05, 4.69) is 49.2 Å². The summed E-state index contributed by atoms with van der Waals surface area (Å²) in [6, 6.07) is 12.0. The number of hydrogen-bond acceptors (Lipinski definition) is 6. The summed E-state index contributed by atoms with van der Waals surface area (Å²) < 4.78 is 2.22. The SMILES string of the molecule is O=C(NCCN1CCN(c2nc3ccccc3s2)CC1)c1ccc(Br)s1. The monoisotopic (exact) mass is 450 g/mol. The van der Waals surface area contributed by atoms with Crippen LogP contribution in [0.3, 0.4) is 0 Å². The number of fused-ring (bicyclic) bond motifs is 1. The molecule has 0 aliphatic carbocycles. The van der Waals surface area contributed by atoms with Crippen molar-refractivity contribution in [1.29, 1.82) is 0 Å². The maximum atomic E-state index is 12.1. The number of carbonyl (C=O) groups is 1. The molecule has 0 unspecified atom stereocenters. The van der Waals surface area contributed by atoms with Crippen LogP contribution in [0.1, 0.15) is 9.67 Å². The highest BCUT2D eigenvalue weighted by atomic mass is 79.9. The van der Waals surface area contributed by atoms with E-state index in [1.807, 2.05) is 18.2 Å². The molecule has 0 atom stereocenters. The van der Waals surface area contributed by atoms with E-state index in [1.54, 1.807) is 11.3 Å². The van der Waals surface area contributed by atoms with E-state index in [9.17, 15) is 4.79 Å². The molecule has 1 saturated heterocycles. The number of aromatic nitrogens is 1. The van der Waals surface area contributed by atoms with Gasteiger partial charge in [-0.25, -0.2) is 4.98 Å². The molecule has 1 aromatic carbocycles. The van der Waals surface area contributed by atoms with Crippen LogP contribution in [0.4, 0.5) is 5.13 Å². The Morgan fingerprint density at radius 2 is 1.92 bits per heavy atom. The zero-order valence-corrected chi connectivity index (χ0v) is 17.4. The largest absolute Gasteiger partial charge is 0.350 e. The molecule has 26 heavy (non-hydrogen) atoms. The average Bonchev–Trinajstić information content (AvgIpc) is 3.28. The second-order valence-electron chi connectivity index (χ2n) is 6.15. The van der Waals surface area contributed by atoms with Crippen LogP contribution in [0.25, 0.3) is 10.2 Å². The molecule has 5 nitrogen and oxygen atoms in total. The molecule has 3 aromatic rings. The third-order valence-electron chi connectivity index (χ3n) is 4.44. The number of rotatable bonds is 5. The van der Waals surface area contributed by atoms with Crippen LogP contribution >= 0.6 is 38.6 Å². The van der Waals surface area contributed by atoms with Crippen molar-refractivity contribution in [3.8, 4) is 0 Å². The fourth-order valence-corrected chi connectivity index (χ4v) is 5.33. The van der Waals surface area contributed by atoms with E-state index in [0.717, 1.165) is 52.0 Å². The summed E-state index contributed by atoms with van der Waals surface area (Å²) >= 11 is 6.61. The smallest absolute Gasteiger partial charge is 0.261 e. The maximum Gasteiger partial charge on any atom is 0.261 e. The number of amides is 1. The first-order valence-corrected chi connectivity index (χ1v) is 11.0. The molecular weight excluding hydrogens is 432 g/mol. The Morgan fingerprint density at radius 3 is 2.65 bits per heavy atom. The van der Waals surface area contributed by atoms with Gasteiger partial charge in [0.1, 0.15) is 0 Å². The molecule has 3 heterocycles. The second-order valence-corrected chi connectivity index (χ2v) is 9.62. The van der Waals surface area contributed by atoms with Crippen molar-refractivity contribution in [2.24, 2.45) is 0 Å². The minimum atomic E-state index is 0.00816. The van der Waals surface area contributed by atoms with Crippen molar-refractivity contribution in [3.05, 3.63) is 45.1 Å². The van der Waals surface area contributed by atoms with Crippen LogP contribution < -0.4 is 10.2 Å². The van der Waals surface area contributed by atoms with Gasteiger partial charge in [0, 0.05) is 39.3 Å². The van der Waals surface area contributed by atoms with Crippen molar-refractivity contribution in [2.75, 3.05) is 44.2 Å². The topological polar surface area (TPSA) is 48.5 Å². The van der Waals surface area contributed by atoms with Crippen LogP contribution in [-0.4, -0.2) is 55.1 Å². The number of anilines is 1. The van der Waals surface area contributed by atoms with Gasteiger partial charge in [-0.3, -0.25) is 9.69 Å². The van der Waals surface area contributed by atoms with Crippen molar-refractivity contribution < 1.29 is 4.79 Å². The van der Waals surface area contributed by atoms with Gasteiger partial charge in [-0.15, -0.1) is 11.3 Å². The number of piperazine rings is 1. The number of thiophene rings is 1. The molecule has 136 valence electrons. The quantitative estimate of drug-likeness (QED) is 0.643. The molecule has 1 N–H and O–H groups in total. The number of halogens is 1. The van der Waals surface area contributed by atoms with Gasteiger partial charge < -0.3 is 10.2 Å². The van der Waals surface area contributed by atoms with Gasteiger partial charge in [0.05, 0.1) is 18.9 Å². The zero-order chi connectivity index (χ0) is 17.9. The standard InChI is InChI=1S/C18H19BrN4OS2/c19-16-6-5-15(25-16)17(24)20-7-8-22-9-11-23(12-10-22)18-21-13-3-1-2-4-14(13)26-18/h1-6H,7-12H2,(H,20,24). The summed E-state index contributed by atoms with van der Waals surface area (Å²) in [4.78, 5) is 22.3. The fourth-order valence-electron chi connectivity index (χ4n) is 3.01. The van der Waals surface area contributed by atoms with E-state index in [1.165, 1.54) is 16.0 Å². The van der Waals surface area contributed by atoms with Crippen LogP contribution in [-0.2, 0) is 0 Å². The van der Waals surface area contributed by atoms with Crippen LogP contribution in [0, 0.1) is 0 Å². The van der Waals surface area contributed by atoms with E-state index >= 15 is 0 Å². The summed E-state index contributed by atoms with van der Waals surface area (Å²) in [6.07, 6.45) is 0. The highest BCUT2D eigenvalue weighted by Crippen LogP contribution is 2.29. The van der Waals surface area contributed by atoms with Gasteiger partial charge in [0.25, 0.3) is 5.91 Å². The van der Waals surface area contributed by atoms with Gasteiger partial charge >= 0.3 is 0 Å². The minimum Gasteiger partial charge on any atom is -0.350 e. The van der Waals surface area contributed by atoms with Crippen molar-refractivity contribution in [2.45, 2.75) is 0 Å². The first-order valence-electron chi connectivity index (χ1n) is 8.55. The molecule has 2 aromatic heterocycles. The van der Waals surface area contributed by atoms with Crippen molar-refractivity contribution >= 4 is 59.9 Å². The molecule has 0 spiro atoms. The molecule has 0 radical (unpaired) electrons. The maximum absolute atomic E-state index is 12.1. The summed E-state index contributed by atoms with van der Waals surface area (Å²) in [7, 11) is 0. The highest BCUT2D eigenvalue weighted by molar-refractivity contribution is 9.11. The predicted molar refractivity (Wildman–Crippen MR) is 113 cm³/mol. The Balaban J connectivity index is 1.24. The molecule has 1 fully saturated rings. The Morgan fingerprint density at radius 1 is 1.12 bits per heavy atom. The minimum absolute atomic E-state index is 0.00816. The van der Waals surface area contributed by atoms with Crippen LogP contribution in [0.15, 0.2) is 40.2 Å². The summed E-state index contributed by atoms with van der Waals surface area (Å²) in [5.41, 5.74) is 1.08. The Kier molecular flexibility index (Phi) is 5.54. The molecular formula is C18H19BrN4OS2. The lowest BCUT2D eigenvalue weighted by Crippen LogP contribution is -2.48. The number of nitrogens with one attached hydrogen (secondary N) is 1. The predicted octanol–water partition coefficient (Wildman–Crippen LogP) is 3.67. The van der Waals surface area contributed by atoms with E-state index in [0.29, 0.717) is 6.54 Å². The molecule has 1 aliphatic rings. The second kappa shape index (κ2) is 8.04. The Bertz CT molecular complexity index is 868. The van der Waals surface area contributed by atoms with Crippen molar-refractivity contribution in [3.63, 3.8) is 0 Å². The number of carbonyl (C=O) groups excluding carboxylic acids is 1. The summed E-state index contributed by atoms with van der Waals surface area (Å²) in [5.74, 6) is 0.00816. The van der Waals surface area contributed by atoms with Gasteiger partial charge in [0.2, 0.25) is 0 Å². The zero-order valence-electron chi connectivity index (χ0n) is 14.2. The molecule has 1 amide bonds. The molecule has 0 bridgehead atoms. The Labute approximate surface area is 168 Å². The third-order valence-corrected chi connectivity index (χ3v) is 7.16. The Hall–Kier alpha value is -1.48. The summed E-state index contributed by atoms with van der Waals surface area (Å²) in [6.45, 7) is 5.51. The molecule has 1 aliphatic heterocycles. The van der Waals surface area contributed by atoms with E-state index in [-0.39, 0.29) is 5.91 Å². The van der Waals surface area contributed by atoms with E-state index < -0.39 is 0 Å². The number of hydrogen-bond donors (Lipinski definition) is 1. The number of benzene rings is 1. The summed E-state index contributed by atoms with van der Waals surface area (Å²) in [5, 5.41) is 4.12. The molecule has 0 saturated carbocycles. The van der Waals surface area contributed by atoms with Gasteiger partial charge in [-0.2, -0.15) is 0 Å². The van der Waals surface area contributed by atoms with Gasteiger partial charge in [0.15, 0.2) is 5.13 Å². The third kappa shape index (κ3) is 4.09. The lowest BCUT2D eigenvalue weighted by Gasteiger charge is -2.34. The lowest BCUT2D eigenvalue weighted by molar-refractivity contribution is 0.0952. The molecule has 4 rings (SSSR count). The number of thiazole rings is 1. The van der Waals surface area contributed by atoms with Crippen LogP contribution in [0.5, 0.6) is 0 Å². The van der Waals surface area contributed by atoms with Gasteiger partial charge in [-0.05, 0) is 40.2 Å². The van der Waals surface area contributed by atoms with Crippen molar-refractivity contribution in [1.82, 2.24) is 15.2 Å². The normalized spacial score (nSPS) is 15.5. The number of para-hydroxylation sites is 1. The number of nitrogens with zero attached hydrogens (tertiary/aromatic N) is 3. The first kappa shape index (κ1) is 17.9. The fraction of sp³-hybridized carbons (Fsp3) is 0.333. The molecule has 8 heteroatoms. The van der Waals surface area contributed by atoms with Gasteiger partial charge in [-0.1, -0.05) is 23.5 Å². The average molecular weight is 451 g/mol. The highest BCUT2D eigenvalue weighted by Gasteiger charge is 2.19. The lowest BCUT2D eigenvalue weighted by atomic mass is 10.3. The first-order chi connectivity index (χ1) is 12.7.